The van der Waals surface area contributed by atoms with Gasteiger partial charge in [0.05, 0.1) is 19.8 Å². The Balaban J connectivity index is 2.30. The summed E-state index contributed by atoms with van der Waals surface area (Å²) in [7, 11) is 0. The standard InChI is InChI=1S/C11H16ClN3O2/c1-3-17-11-9(6-10(12)13-14-11)15-4-5-16-7-8(15)2/h6,8H,3-5,7H2,1-2H3/t8-/m1/s1. The molecule has 2 rings (SSSR count). The Labute approximate surface area is 106 Å². The highest BCUT2D eigenvalue weighted by molar-refractivity contribution is 6.29. The summed E-state index contributed by atoms with van der Waals surface area (Å²) in [5.74, 6) is 0.533. The Kier molecular flexibility index (Phi) is 4.02. The average molecular weight is 258 g/mol. The number of morpholine rings is 1. The lowest BCUT2D eigenvalue weighted by Gasteiger charge is -2.35. The number of hydrogen-bond acceptors (Lipinski definition) is 5. The maximum Gasteiger partial charge on any atom is 0.257 e. The molecule has 0 unspecified atom stereocenters. The summed E-state index contributed by atoms with van der Waals surface area (Å²) in [6.07, 6.45) is 0. The molecule has 1 aromatic heterocycles. The first-order valence-electron chi connectivity index (χ1n) is 5.72. The van der Waals surface area contributed by atoms with Crippen molar-refractivity contribution in [2.24, 2.45) is 0 Å². The van der Waals surface area contributed by atoms with Gasteiger partial charge in [-0.25, -0.2) is 0 Å². The highest BCUT2D eigenvalue weighted by atomic mass is 35.5. The van der Waals surface area contributed by atoms with Crippen LogP contribution in [0.25, 0.3) is 0 Å². The zero-order valence-corrected chi connectivity index (χ0v) is 10.8. The molecular weight excluding hydrogens is 242 g/mol. The molecule has 0 saturated carbocycles. The Morgan fingerprint density at radius 2 is 2.41 bits per heavy atom. The van der Waals surface area contributed by atoms with E-state index in [4.69, 9.17) is 21.1 Å². The maximum atomic E-state index is 5.90. The van der Waals surface area contributed by atoms with E-state index in [0.717, 1.165) is 12.2 Å². The van der Waals surface area contributed by atoms with Crippen molar-refractivity contribution in [2.45, 2.75) is 19.9 Å². The zero-order valence-electron chi connectivity index (χ0n) is 10.0. The van der Waals surface area contributed by atoms with E-state index >= 15 is 0 Å². The summed E-state index contributed by atoms with van der Waals surface area (Å²) in [5, 5.41) is 8.18. The third kappa shape index (κ3) is 2.79. The number of nitrogens with zero attached hydrogens (tertiary/aromatic N) is 3. The SMILES string of the molecule is CCOc1nnc(Cl)cc1N1CCOC[C@H]1C. The molecule has 1 aromatic rings. The van der Waals surface area contributed by atoms with Crippen molar-refractivity contribution in [1.82, 2.24) is 10.2 Å². The van der Waals surface area contributed by atoms with Crippen LogP contribution in [0.4, 0.5) is 5.69 Å². The van der Waals surface area contributed by atoms with Gasteiger partial charge in [0.2, 0.25) is 0 Å². The van der Waals surface area contributed by atoms with Crippen LogP contribution in [0.5, 0.6) is 5.88 Å². The van der Waals surface area contributed by atoms with Crippen LogP contribution >= 0.6 is 11.6 Å². The minimum absolute atomic E-state index is 0.281. The molecule has 1 atom stereocenters. The molecule has 1 saturated heterocycles. The van der Waals surface area contributed by atoms with Crippen molar-refractivity contribution in [2.75, 3.05) is 31.3 Å². The van der Waals surface area contributed by atoms with Gasteiger partial charge < -0.3 is 14.4 Å². The molecule has 5 nitrogen and oxygen atoms in total. The smallest absolute Gasteiger partial charge is 0.257 e. The predicted octanol–water partition coefficient (Wildman–Crippen LogP) is 1.75. The number of aromatic nitrogens is 2. The second-order valence-electron chi connectivity index (χ2n) is 3.91. The number of rotatable bonds is 3. The highest BCUT2D eigenvalue weighted by Crippen LogP contribution is 2.30. The molecule has 17 heavy (non-hydrogen) atoms. The van der Waals surface area contributed by atoms with Crippen molar-refractivity contribution >= 4 is 17.3 Å². The Bertz CT molecular complexity index is 389. The van der Waals surface area contributed by atoms with Crippen molar-refractivity contribution < 1.29 is 9.47 Å². The third-order valence-corrected chi connectivity index (χ3v) is 2.85. The van der Waals surface area contributed by atoms with E-state index in [2.05, 4.69) is 22.0 Å². The van der Waals surface area contributed by atoms with Gasteiger partial charge in [-0.3, -0.25) is 0 Å². The van der Waals surface area contributed by atoms with Crippen LogP contribution in [0.3, 0.4) is 0 Å². The molecule has 6 heteroatoms. The minimum Gasteiger partial charge on any atom is -0.475 e. The van der Waals surface area contributed by atoms with Crippen LogP contribution in [0.15, 0.2) is 6.07 Å². The summed E-state index contributed by atoms with van der Waals surface area (Å²) < 4.78 is 10.9. The second-order valence-corrected chi connectivity index (χ2v) is 4.30. The zero-order chi connectivity index (χ0) is 12.3. The van der Waals surface area contributed by atoms with E-state index in [1.54, 1.807) is 6.07 Å². The van der Waals surface area contributed by atoms with E-state index in [0.29, 0.717) is 30.9 Å². The van der Waals surface area contributed by atoms with Gasteiger partial charge in [-0.2, -0.15) is 0 Å². The summed E-state index contributed by atoms with van der Waals surface area (Å²) in [6, 6.07) is 2.07. The number of anilines is 1. The van der Waals surface area contributed by atoms with Crippen LogP contribution in [0.1, 0.15) is 13.8 Å². The molecule has 1 aliphatic heterocycles. The quantitative estimate of drug-likeness (QED) is 0.826. The maximum absolute atomic E-state index is 5.90. The normalized spacial score (nSPS) is 20.4. The molecule has 0 spiro atoms. The Morgan fingerprint density at radius 1 is 1.59 bits per heavy atom. The van der Waals surface area contributed by atoms with Crippen molar-refractivity contribution in [3.63, 3.8) is 0 Å². The lowest BCUT2D eigenvalue weighted by atomic mass is 10.2. The fourth-order valence-corrected chi connectivity index (χ4v) is 2.02. The molecule has 0 aromatic carbocycles. The van der Waals surface area contributed by atoms with Crippen LogP contribution in [-0.4, -0.2) is 42.6 Å². The summed E-state index contributed by atoms with van der Waals surface area (Å²) >= 11 is 5.90. The van der Waals surface area contributed by atoms with E-state index < -0.39 is 0 Å². The number of halogens is 1. The first kappa shape index (κ1) is 12.4. The Morgan fingerprint density at radius 3 is 3.12 bits per heavy atom. The summed E-state index contributed by atoms with van der Waals surface area (Å²) in [5.41, 5.74) is 0.891. The molecule has 94 valence electrons. The molecular formula is C11H16ClN3O2. The molecule has 1 aliphatic rings. The second kappa shape index (κ2) is 5.51. The van der Waals surface area contributed by atoms with E-state index in [1.807, 2.05) is 6.92 Å². The number of ether oxygens (including phenoxy) is 2. The van der Waals surface area contributed by atoms with Gasteiger partial charge in [0.25, 0.3) is 5.88 Å². The molecule has 2 heterocycles. The lowest BCUT2D eigenvalue weighted by molar-refractivity contribution is 0.0985. The largest absolute Gasteiger partial charge is 0.475 e. The molecule has 0 amide bonds. The highest BCUT2D eigenvalue weighted by Gasteiger charge is 2.23. The van der Waals surface area contributed by atoms with E-state index in [1.165, 1.54) is 0 Å². The van der Waals surface area contributed by atoms with Gasteiger partial charge in [-0.15, -0.1) is 10.2 Å². The monoisotopic (exact) mass is 257 g/mol. The molecule has 0 radical (unpaired) electrons. The first-order valence-corrected chi connectivity index (χ1v) is 6.10. The van der Waals surface area contributed by atoms with Crippen molar-refractivity contribution in [3.8, 4) is 5.88 Å². The van der Waals surface area contributed by atoms with E-state index in [9.17, 15) is 0 Å². The number of hydrogen-bond donors (Lipinski definition) is 0. The topological polar surface area (TPSA) is 47.5 Å². The fourth-order valence-electron chi connectivity index (χ4n) is 1.88. The molecule has 1 fully saturated rings. The van der Waals surface area contributed by atoms with Gasteiger partial charge in [-0.05, 0) is 13.8 Å². The van der Waals surface area contributed by atoms with Crippen LogP contribution in [0, 0.1) is 0 Å². The van der Waals surface area contributed by atoms with Crippen LogP contribution in [0.2, 0.25) is 5.15 Å². The summed E-state index contributed by atoms with van der Waals surface area (Å²) in [4.78, 5) is 2.19. The van der Waals surface area contributed by atoms with E-state index in [-0.39, 0.29) is 6.04 Å². The van der Waals surface area contributed by atoms with Crippen molar-refractivity contribution in [3.05, 3.63) is 11.2 Å². The average Bonchev–Trinajstić information content (AvgIpc) is 2.32. The fraction of sp³-hybridized carbons (Fsp3) is 0.636. The molecule has 0 aliphatic carbocycles. The molecule has 0 bridgehead atoms. The first-order chi connectivity index (χ1) is 8.22. The lowest BCUT2D eigenvalue weighted by Crippen LogP contribution is -2.44. The van der Waals surface area contributed by atoms with Crippen LogP contribution in [-0.2, 0) is 4.74 Å². The predicted molar refractivity (Wildman–Crippen MR) is 65.8 cm³/mol. The van der Waals surface area contributed by atoms with Gasteiger partial charge >= 0.3 is 0 Å². The van der Waals surface area contributed by atoms with Crippen molar-refractivity contribution in [1.29, 1.82) is 0 Å². The third-order valence-electron chi connectivity index (χ3n) is 2.67. The van der Waals surface area contributed by atoms with Gasteiger partial charge in [0.1, 0.15) is 5.69 Å². The van der Waals surface area contributed by atoms with Gasteiger partial charge in [0, 0.05) is 18.7 Å². The van der Waals surface area contributed by atoms with Crippen LogP contribution < -0.4 is 9.64 Å². The summed E-state index contributed by atoms with van der Waals surface area (Å²) in [6.45, 7) is 6.79. The minimum atomic E-state index is 0.281. The Hall–Kier alpha value is -1.07. The van der Waals surface area contributed by atoms with Gasteiger partial charge in [-0.1, -0.05) is 11.6 Å². The molecule has 0 N–H and O–H groups in total. The van der Waals surface area contributed by atoms with Gasteiger partial charge in [0.15, 0.2) is 5.15 Å².